The van der Waals surface area contributed by atoms with Crippen LogP contribution in [0.25, 0.3) is 10.9 Å². The monoisotopic (exact) mass is 1520 g/mol. The molecule has 6 rings (SSSR count). The van der Waals surface area contributed by atoms with Crippen LogP contribution in [-0.4, -0.2) is 225 Å². The van der Waals surface area contributed by atoms with Crippen molar-refractivity contribution in [2.24, 2.45) is 17.2 Å². The lowest BCUT2D eigenvalue weighted by Gasteiger charge is -2.29. The highest BCUT2D eigenvalue weighted by molar-refractivity contribution is 8.76. The van der Waals surface area contributed by atoms with Crippen molar-refractivity contribution in [2.75, 3.05) is 37.7 Å². The molecule has 580 valence electrons. The fraction of sp³-hybridized carbons (Fsp3) is 0.458. The van der Waals surface area contributed by atoms with Crippen LogP contribution in [0.1, 0.15) is 81.5 Å². The zero-order valence-electron chi connectivity index (χ0n) is 59.6. The lowest BCUT2D eigenvalue weighted by molar-refractivity contribution is -0.142. The number of fused-ring (bicyclic) bond motifs is 1. The summed E-state index contributed by atoms with van der Waals surface area (Å²) in [6.07, 6.45) is -1.86. The number of aliphatic hydroxyl groups is 3. The van der Waals surface area contributed by atoms with E-state index in [0.717, 1.165) is 28.5 Å². The molecule has 4 aromatic carbocycles. The van der Waals surface area contributed by atoms with Crippen molar-refractivity contribution >= 4 is 109 Å². The van der Waals surface area contributed by atoms with E-state index in [1.54, 1.807) is 121 Å². The first-order chi connectivity index (χ1) is 51.2. The van der Waals surface area contributed by atoms with Crippen molar-refractivity contribution in [3.8, 4) is 0 Å². The normalized spacial score (nSPS) is 23.7. The topological polar surface area (TPSA) is 541 Å². The summed E-state index contributed by atoms with van der Waals surface area (Å²) in [5.41, 5.74) is 20.2. The number of aliphatic carboxylic acids is 1. The van der Waals surface area contributed by atoms with E-state index in [9.17, 15) is 68.4 Å². The molecule has 35 heteroatoms. The third-order valence-corrected chi connectivity index (χ3v) is 19.7. The van der Waals surface area contributed by atoms with Gasteiger partial charge in [0.1, 0.15) is 66.5 Å². The summed E-state index contributed by atoms with van der Waals surface area (Å²) < 4.78 is 0. The van der Waals surface area contributed by atoms with Crippen LogP contribution in [0.4, 0.5) is 0 Å². The van der Waals surface area contributed by atoms with Gasteiger partial charge in [0.25, 0.3) is 0 Å². The molecule has 0 saturated carbocycles. The number of H-pyrrole nitrogens is 1. The number of benzene rings is 4. The Bertz CT molecular complexity index is 3800. The zero-order chi connectivity index (χ0) is 78.1. The van der Waals surface area contributed by atoms with Crippen molar-refractivity contribution in [3.63, 3.8) is 0 Å². The summed E-state index contributed by atoms with van der Waals surface area (Å²) in [5.74, 6) is -14.5. The predicted octanol–water partition coefficient (Wildman–Crippen LogP) is -3.27. The second kappa shape index (κ2) is 44.2. The number of amides is 12. The van der Waals surface area contributed by atoms with Crippen LogP contribution in [0.5, 0.6) is 0 Å². The average Bonchev–Trinajstić information content (AvgIpc) is 1.70. The molecule has 2 heterocycles. The molecule has 33 nitrogen and oxygen atoms in total. The van der Waals surface area contributed by atoms with E-state index in [0.29, 0.717) is 46.0 Å². The van der Waals surface area contributed by atoms with Gasteiger partial charge in [-0.1, -0.05) is 131 Å². The van der Waals surface area contributed by atoms with Crippen molar-refractivity contribution in [1.82, 2.24) is 68.8 Å². The molecule has 12 amide bonds. The number of carboxylic acid groups (broad SMARTS) is 1. The molecule has 0 spiro atoms. The first kappa shape index (κ1) is 85.9. The number of rotatable bonds is 24. The highest BCUT2D eigenvalue weighted by Crippen LogP contribution is 2.24. The Morgan fingerprint density at radius 2 is 0.860 bits per heavy atom. The molecule has 5 aromatic rings. The van der Waals surface area contributed by atoms with Crippen LogP contribution in [0, 0.1) is 0 Å². The quantitative estimate of drug-likeness (QED) is 0.0213. The molecular weight excluding hydrogens is 1430 g/mol. The van der Waals surface area contributed by atoms with E-state index < -0.39 is 180 Å². The molecule has 0 aliphatic carbocycles. The minimum atomic E-state index is -1.95. The van der Waals surface area contributed by atoms with E-state index in [4.69, 9.17) is 17.2 Å². The Morgan fingerprint density at radius 1 is 0.477 bits per heavy atom. The number of aromatic nitrogens is 1. The molecule has 1 aliphatic rings. The van der Waals surface area contributed by atoms with Gasteiger partial charge in [-0.2, -0.15) is 0 Å². The summed E-state index contributed by atoms with van der Waals surface area (Å²) in [6.45, 7) is 2.12. The smallest absolute Gasteiger partial charge is 0.327 e. The molecule has 0 radical (unpaired) electrons. The molecule has 14 atom stereocenters. The van der Waals surface area contributed by atoms with Crippen LogP contribution in [-0.2, 0) is 88.0 Å². The summed E-state index contributed by atoms with van der Waals surface area (Å²) in [7, 11) is 1.60. The van der Waals surface area contributed by atoms with Gasteiger partial charge in [0.15, 0.2) is 0 Å². The van der Waals surface area contributed by atoms with Gasteiger partial charge in [-0.05, 0) is 101 Å². The first-order valence-electron chi connectivity index (χ1n) is 35.1. The molecular formula is C72H98N16O17S2. The number of hydrogen-bond donors (Lipinski definition) is 20. The van der Waals surface area contributed by atoms with Gasteiger partial charge < -0.3 is 106 Å². The second-order valence-corrected chi connectivity index (χ2v) is 28.4. The standard InChI is InChI=1S/C72H98N16O17S2/c1-40(75)61(93)77-36-58(92)78-56-38-106-107-39-57(72(104)105)86-68(100)55(37-89)85-71(103)60(42(3)91)88-67(99)53(33-45-23-11-6-12-24-45)84-70(102)59(41(2)90)87-63(95)50(28-16-18-30-74)79-66(98)54(34-46-35-76-48-26-14-13-25-47(46)48)83-65(97)52(32-44-21-9-5-10-22-44)82-64(96)51(31-43-19-7-4-8-20-43)81-62(94)49(80-69(56)101)27-15-17-29-73/h4-14,19-26,35,40-42,49-57,59-60,76,89-91H,15-18,27-34,36-39,73-75H2,1-3H3,(H,77,93)(H,78,92)(H,79,98)(H,80,101)(H,81,94)(H,82,96)(H,83,97)(H,84,102)(H,85,103)(H,86,100)(H,87,95)(H,88,99)(H,104,105)/t40-,41+,42+,49-,50?,51-,52?,53?,54+,55?,56?,57-,59-,60-/m0/s1. The molecule has 107 heavy (non-hydrogen) atoms. The SMILES string of the molecule is C[C@H](N)C(=O)NCC(=O)NC1CSSC[C@@H](C(=O)O)NC(=O)C(CO)NC(=O)[C@H]([C@@H](C)O)NC(=O)C(Cc2ccccc2)NC(=O)[C@H]([C@@H](C)O)NC(=O)C(CCCCN)NC(=O)[C@@H](Cc2c[nH]c3ccccc23)NC(=O)C(Cc2ccccc2)NC(=O)[C@H](Cc2ccccc2)NC(=O)[C@H](CCCCN)NC1=O. The number of nitrogens with one attached hydrogen (secondary N) is 13. The maximum Gasteiger partial charge on any atom is 0.327 e. The largest absolute Gasteiger partial charge is 0.480 e. The lowest BCUT2D eigenvalue weighted by Crippen LogP contribution is -2.63. The molecule has 5 unspecified atom stereocenters. The molecule has 23 N–H and O–H groups in total. The van der Waals surface area contributed by atoms with Crippen molar-refractivity contribution in [1.29, 1.82) is 0 Å². The summed E-state index contributed by atoms with van der Waals surface area (Å²) in [6, 6.07) is 12.9. The fourth-order valence-corrected chi connectivity index (χ4v) is 13.6. The number of hydrogen-bond acceptors (Lipinski definition) is 21. The van der Waals surface area contributed by atoms with Crippen LogP contribution in [0.3, 0.4) is 0 Å². The number of carboxylic acids is 1. The van der Waals surface area contributed by atoms with Gasteiger partial charge >= 0.3 is 5.97 Å². The number of aromatic amines is 1. The van der Waals surface area contributed by atoms with E-state index in [1.807, 2.05) is 0 Å². The maximum absolute atomic E-state index is 15.4. The van der Waals surface area contributed by atoms with E-state index in [2.05, 4.69) is 68.8 Å². The maximum atomic E-state index is 15.4. The summed E-state index contributed by atoms with van der Waals surface area (Å²) in [5, 5.41) is 74.1. The van der Waals surface area contributed by atoms with Crippen LogP contribution >= 0.6 is 21.6 Å². The molecule has 0 bridgehead atoms. The number of unbranched alkanes of at least 4 members (excludes halogenated alkanes) is 2. The third kappa shape index (κ3) is 28.0. The number of carbonyl (C=O) groups excluding carboxylic acids is 12. The van der Waals surface area contributed by atoms with Gasteiger partial charge in [-0.15, -0.1) is 0 Å². The number of nitrogens with two attached hydrogens (primary N) is 3. The number of para-hydroxylation sites is 1. The van der Waals surface area contributed by atoms with Crippen LogP contribution in [0.15, 0.2) is 121 Å². The van der Waals surface area contributed by atoms with Crippen LogP contribution in [0.2, 0.25) is 0 Å². The third-order valence-electron chi connectivity index (χ3n) is 17.2. The summed E-state index contributed by atoms with van der Waals surface area (Å²) >= 11 is 0. The Hall–Kier alpha value is -10.0. The van der Waals surface area contributed by atoms with Crippen LogP contribution < -0.4 is 81.0 Å². The molecule has 1 aromatic heterocycles. The van der Waals surface area contributed by atoms with Crippen molar-refractivity contribution in [3.05, 3.63) is 144 Å². The molecule has 1 aliphatic heterocycles. The van der Waals surface area contributed by atoms with Gasteiger partial charge in [-0.3, -0.25) is 57.5 Å². The molecule has 1 fully saturated rings. The second-order valence-electron chi connectivity index (χ2n) is 25.9. The number of aliphatic hydroxyl groups excluding tert-OH is 3. The van der Waals surface area contributed by atoms with E-state index in [1.165, 1.54) is 13.8 Å². The van der Waals surface area contributed by atoms with Gasteiger partial charge in [0, 0.05) is 54.3 Å². The van der Waals surface area contributed by atoms with E-state index >= 15 is 14.4 Å². The van der Waals surface area contributed by atoms with Crippen molar-refractivity contribution < 1.29 is 82.8 Å². The average molecular weight is 1520 g/mol. The minimum Gasteiger partial charge on any atom is -0.480 e. The first-order valence-corrected chi connectivity index (χ1v) is 37.6. The Morgan fingerprint density at radius 3 is 1.31 bits per heavy atom. The predicted molar refractivity (Wildman–Crippen MR) is 399 cm³/mol. The highest BCUT2D eigenvalue weighted by atomic mass is 33.1. The lowest BCUT2D eigenvalue weighted by atomic mass is 10.00. The van der Waals surface area contributed by atoms with Crippen molar-refractivity contribution in [2.45, 2.75) is 170 Å². The fourth-order valence-electron chi connectivity index (χ4n) is 11.3. The Balaban J connectivity index is 1.46. The highest BCUT2D eigenvalue weighted by Gasteiger charge is 2.39. The Kier molecular flexibility index (Phi) is 35.5. The summed E-state index contributed by atoms with van der Waals surface area (Å²) in [4.78, 5) is 189. The minimum absolute atomic E-state index is 0.0921. The van der Waals surface area contributed by atoms with E-state index in [-0.39, 0.29) is 70.2 Å². The van der Waals surface area contributed by atoms with Gasteiger partial charge in [0.2, 0.25) is 70.9 Å². The Labute approximate surface area is 626 Å². The molecule has 1 saturated heterocycles. The van der Waals surface area contributed by atoms with Gasteiger partial charge in [-0.25, -0.2) is 4.79 Å². The van der Waals surface area contributed by atoms with Gasteiger partial charge in [0.05, 0.1) is 31.4 Å². The number of carbonyl (C=O) groups is 13. The zero-order valence-corrected chi connectivity index (χ0v) is 61.2.